The van der Waals surface area contributed by atoms with Crippen molar-refractivity contribution in [1.82, 2.24) is 10.2 Å². The molecule has 0 radical (unpaired) electrons. The van der Waals surface area contributed by atoms with Crippen LogP contribution in [-0.4, -0.2) is 10.2 Å². The second kappa shape index (κ2) is 2.44. The predicted octanol–water partition coefficient (Wildman–Crippen LogP) is 2.31. The fourth-order valence-electron chi connectivity index (χ4n) is 0.975. The molecule has 0 saturated carbocycles. The molecular formula is C7H4FIN2. The number of H-pyrrole nitrogens is 1. The van der Waals surface area contributed by atoms with Gasteiger partial charge < -0.3 is 0 Å². The normalized spacial score (nSPS) is 10.7. The van der Waals surface area contributed by atoms with Crippen LogP contribution in [0, 0.1) is 9.39 Å². The minimum Gasteiger partial charge on any atom is -0.278 e. The highest BCUT2D eigenvalue weighted by atomic mass is 127. The van der Waals surface area contributed by atoms with Gasteiger partial charge in [0.25, 0.3) is 0 Å². The predicted molar refractivity (Wildman–Crippen MR) is 48.8 cm³/mol. The van der Waals surface area contributed by atoms with E-state index in [-0.39, 0.29) is 5.82 Å². The molecule has 4 heteroatoms. The summed E-state index contributed by atoms with van der Waals surface area (Å²) in [5.74, 6) is -0.230. The number of aromatic amines is 1. The molecule has 1 N–H and O–H groups in total. The molecule has 0 aliphatic rings. The van der Waals surface area contributed by atoms with Crippen molar-refractivity contribution < 1.29 is 4.39 Å². The molecule has 0 unspecified atom stereocenters. The van der Waals surface area contributed by atoms with Gasteiger partial charge in [-0.3, -0.25) is 5.10 Å². The van der Waals surface area contributed by atoms with Gasteiger partial charge in [-0.2, -0.15) is 5.10 Å². The fourth-order valence-corrected chi connectivity index (χ4v) is 1.70. The van der Waals surface area contributed by atoms with E-state index in [1.54, 1.807) is 6.20 Å². The largest absolute Gasteiger partial charge is 0.278 e. The lowest BCUT2D eigenvalue weighted by Gasteiger charge is -1.92. The Kier molecular flexibility index (Phi) is 1.56. The summed E-state index contributed by atoms with van der Waals surface area (Å²) in [7, 11) is 0. The highest BCUT2D eigenvalue weighted by Gasteiger charge is 2.01. The van der Waals surface area contributed by atoms with Crippen molar-refractivity contribution in [3.63, 3.8) is 0 Å². The van der Waals surface area contributed by atoms with Crippen molar-refractivity contribution in [3.05, 3.63) is 27.7 Å². The van der Waals surface area contributed by atoms with Gasteiger partial charge in [-0.1, -0.05) is 0 Å². The van der Waals surface area contributed by atoms with Crippen molar-refractivity contribution in [3.8, 4) is 0 Å². The van der Waals surface area contributed by atoms with Crippen LogP contribution in [0.3, 0.4) is 0 Å². The number of aromatic nitrogens is 2. The summed E-state index contributed by atoms with van der Waals surface area (Å²) in [6, 6.07) is 2.92. The summed E-state index contributed by atoms with van der Waals surface area (Å²) < 4.78 is 13.6. The third-order valence-corrected chi connectivity index (χ3v) is 2.37. The second-order valence-electron chi connectivity index (χ2n) is 2.22. The Morgan fingerprint density at radius 3 is 3.09 bits per heavy atom. The molecule has 0 aliphatic carbocycles. The van der Waals surface area contributed by atoms with Crippen LogP contribution < -0.4 is 0 Å². The van der Waals surface area contributed by atoms with Gasteiger partial charge in [0, 0.05) is 8.96 Å². The number of nitrogens with zero attached hydrogens (tertiary/aromatic N) is 1. The summed E-state index contributed by atoms with van der Waals surface area (Å²) in [6.07, 6.45) is 1.69. The first-order valence-electron chi connectivity index (χ1n) is 3.05. The average molecular weight is 262 g/mol. The number of hydrogen-bond donors (Lipinski definition) is 1. The summed E-state index contributed by atoms with van der Waals surface area (Å²) in [5.41, 5.74) is 0.745. The van der Waals surface area contributed by atoms with Crippen LogP contribution in [0.25, 0.3) is 10.9 Å². The maximum absolute atomic E-state index is 12.7. The van der Waals surface area contributed by atoms with E-state index in [9.17, 15) is 4.39 Å². The Labute approximate surface area is 75.9 Å². The van der Waals surface area contributed by atoms with Gasteiger partial charge in [-0.15, -0.1) is 0 Å². The van der Waals surface area contributed by atoms with E-state index in [1.807, 2.05) is 0 Å². The first kappa shape index (κ1) is 7.02. The van der Waals surface area contributed by atoms with E-state index >= 15 is 0 Å². The van der Waals surface area contributed by atoms with E-state index in [2.05, 4.69) is 32.8 Å². The molecule has 1 aromatic heterocycles. The van der Waals surface area contributed by atoms with Gasteiger partial charge in [0.15, 0.2) is 0 Å². The number of nitrogens with one attached hydrogen (secondary N) is 1. The molecule has 56 valence electrons. The molecule has 2 rings (SSSR count). The van der Waals surface area contributed by atoms with Crippen LogP contribution in [0.15, 0.2) is 18.3 Å². The number of benzene rings is 1. The molecule has 0 aliphatic heterocycles. The Balaban J connectivity index is 2.91. The maximum atomic E-state index is 12.7. The minimum absolute atomic E-state index is 0.230. The lowest BCUT2D eigenvalue weighted by Crippen LogP contribution is -1.78. The Morgan fingerprint density at radius 1 is 1.45 bits per heavy atom. The van der Waals surface area contributed by atoms with E-state index in [0.717, 1.165) is 14.5 Å². The third kappa shape index (κ3) is 1.11. The molecule has 1 aromatic carbocycles. The summed E-state index contributed by atoms with van der Waals surface area (Å²) in [6.45, 7) is 0. The summed E-state index contributed by atoms with van der Waals surface area (Å²) >= 11 is 2.08. The molecule has 2 nitrogen and oxygen atoms in total. The molecule has 0 fully saturated rings. The first-order valence-corrected chi connectivity index (χ1v) is 4.13. The number of fused-ring (bicyclic) bond motifs is 1. The summed E-state index contributed by atoms with van der Waals surface area (Å²) in [4.78, 5) is 0. The molecule has 0 atom stereocenters. The van der Waals surface area contributed by atoms with Gasteiger partial charge >= 0.3 is 0 Å². The van der Waals surface area contributed by atoms with Crippen LogP contribution in [0.5, 0.6) is 0 Å². The molecule has 0 saturated heterocycles. The van der Waals surface area contributed by atoms with Gasteiger partial charge in [0.05, 0.1) is 11.7 Å². The first-order chi connectivity index (χ1) is 5.27. The molecule has 11 heavy (non-hydrogen) atoms. The average Bonchev–Trinajstić information content (AvgIpc) is 2.34. The zero-order valence-electron chi connectivity index (χ0n) is 5.44. The molecule has 1 heterocycles. The minimum atomic E-state index is -0.230. The zero-order chi connectivity index (χ0) is 7.84. The van der Waals surface area contributed by atoms with Crippen LogP contribution >= 0.6 is 22.6 Å². The monoisotopic (exact) mass is 262 g/mol. The Morgan fingerprint density at radius 2 is 2.27 bits per heavy atom. The van der Waals surface area contributed by atoms with Crippen LogP contribution in [0.4, 0.5) is 4.39 Å². The maximum Gasteiger partial charge on any atom is 0.126 e. The molecular weight excluding hydrogens is 258 g/mol. The van der Waals surface area contributed by atoms with Crippen molar-refractivity contribution in [2.24, 2.45) is 0 Å². The van der Waals surface area contributed by atoms with Crippen LogP contribution in [-0.2, 0) is 0 Å². The van der Waals surface area contributed by atoms with E-state index in [1.165, 1.54) is 12.1 Å². The lowest BCUT2D eigenvalue weighted by molar-refractivity contribution is 0.628. The highest BCUT2D eigenvalue weighted by Crippen LogP contribution is 2.19. The zero-order valence-corrected chi connectivity index (χ0v) is 7.59. The fraction of sp³-hybridized carbons (Fsp3) is 0. The number of halogens is 2. The van der Waals surface area contributed by atoms with Crippen molar-refractivity contribution >= 4 is 33.5 Å². The van der Waals surface area contributed by atoms with Gasteiger partial charge in [-0.25, -0.2) is 4.39 Å². The van der Waals surface area contributed by atoms with Crippen LogP contribution in [0.2, 0.25) is 0 Å². The topological polar surface area (TPSA) is 28.7 Å². The Hall–Kier alpha value is -0.650. The quantitative estimate of drug-likeness (QED) is 0.725. The standard InChI is InChI=1S/C7H4FIN2/c8-4-1-6(9)5-3-10-11-7(5)2-4/h1-3H,(H,10,11). The molecule has 0 spiro atoms. The van der Waals surface area contributed by atoms with E-state index < -0.39 is 0 Å². The Bertz CT molecular complexity index is 396. The lowest BCUT2D eigenvalue weighted by atomic mass is 10.2. The third-order valence-electron chi connectivity index (χ3n) is 1.47. The van der Waals surface area contributed by atoms with E-state index in [0.29, 0.717) is 0 Å². The smallest absolute Gasteiger partial charge is 0.126 e. The SMILES string of the molecule is Fc1cc(I)c2cn[nH]c2c1. The van der Waals surface area contributed by atoms with Gasteiger partial charge in [0.1, 0.15) is 5.82 Å². The van der Waals surface area contributed by atoms with Crippen LogP contribution in [0.1, 0.15) is 0 Å². The summed E-state index contributed by atoms with van der Waals surface area (Å²) in [5, 5.41) is 7.48. The van der Waals surface area contributed by atoms with Crippen molar-refractivity contribution in [2.75, 3.05) is 0 Å². The number of hydrogen-bond acceptors (Lipinski definition) is 1. The second-order valence-corrected chi connectivity index (χ2v) is 3.38. The van der Waals surface area contributed by atoms with Gasteiger partial charge in [-0.05, 0) is 34.7 Å². The van der Waals surface area contributed by atoms with Crippen molar-refractivity contribution in [2.45, 2.75) is 0 Å². The number of rotatable bonds is 0. The molecule has 2 aromatic rings. The molecule has 0 amide bonds. The van der Waals surface area contributed by atoms with Crippen molar-refractivity contribution in [1.29, 1.82) is 0 Å². The highest BCUT2D eigenvalue weighted by molar-refractivity contribution is 14.1. The van der Waals surface area contributed by atoms with Gasteiger partial charge in [0.2, 0.25) is 0 Å². The molecule has 0 bridgehead atoms. The van der Waals surface area contributed by atoms with E-state index in [4.69, 9.17) is 0 Å².